The average Bonchev–Trinajstić information content (AvgIpc) is 2.40. The van der Waals surface area contributed by atoms with Gasteiger partial charge in [0.1, 0.15) is 5.75 Å². The zero-order chi connectivity index (χ0) is 14.8. The number of nitrogens with one attached hydrogen (secondary N) is 1. The summed E-state index contributed by atoms with van der Waals surface area (Å²) in [6, 6.07) is 11.9. The first-order valence-corrected chi connectivity index (χ1v) is 8.57. The maximum atomic E-state index is 11.3. The molecule has 2 rings (SSSR count). The van der Waals surface area contributed by atoms with E-state index >= 15 is 0 Å². The van der Waals surface area contributed by atoms with Crippen LogP contribution in [0.2, 0.25) is 0 Å². The molecule has 0 aliphatic rings. The number of halogens is 1. The number of benzene rings is 2. The van der Waals surface area contributed by atoms with Crippen molar-refractivity contribution < 1.29 is 13.5 Å². The first kappa shape index (κ1) is 14.9. The standard InChI is InChI=1S/C14H14BrNO3S/c1-20(18,19)12-7-5-11(6-8-12)16-9-10-3-2-4-13(15)14(10)17/h2-8,16-17H,9H2,1H3. The predicted molar refractivity (Wildman–Crippen MR) is 82.7 cm³/mol. The third kappa shape index (κ3) is 3.52. The van der Waals surface area contributed by atoms with Gasteiger partial charge in [-0.3, -0.25) is 0 Å². The zero-order valence-corrected chi connectivity index (χ0v) is 13.2. The Bertz CT molecular complexity index is 712. The molecule has 20 heavy (non-hydrogen) atoms. The quantitative estimate of drug-likeness (QED) is 0.883. The highest BCUT2D eigenvalue weighted by Crippen LogP contribution is 2.28. The van der Waals surface area contributed by atoms with Crippen molar-refractivity contribution in [2.24, 2.45) is 0 Å². The fourth-order valence-corrected chi connectivity index (χ4v) is 2.76. The molecule has 0 aromatic heterocycles. The van der Waals surface area contributed by atoms with Gasteiger partial charge < -0.3 is 10.4 Å². The molecular formula is C14H14BrNO3S. The normalized spacial score (nSPS) is 11.3. The maximum absolute atomic E-state index is 11.3. The van der Waals surface area contributed by atoms with Gasteiger partial charge in [-0.25, -0.2) is 8.42 Å². The number of hydrogen-bond acceptors (Lipinski definition) is 4. The molecule has 2 aromatic carbocycles. The Morgan fingerprint density at radius 3 is 2.40 bits per heavy atom. The van der Waals surface area contributed by atoms with Crippen LogP contribution in [0.1, 0.15) is 5.56 Å². The van der Waals surface area contributed by atoms with Crippen molar-refractivity contribution in [2.75, 3.05) is 11.6 Å². The van der Waals surface area contributed by atoms with Crippen LogP contribution in [-0.4, -0.2) is 19.8 Å². The molecule has 0 saturated heterocycles. The topological polar surface area (TPSA) is 66.4 Å². The molecule has 0 aliphatic heterocycles. The molecule has 0 amide bonds. The predicted octanol–water partition coefficient (Wildman–Crippen LogP) is 3.17. The molecule has 0 radical (unpaired) electrons. The van der Waals surface area contributed by atoms with E-state index in [1.54, 1.807) is 30.3 Å². The van der Waals surface area contributed by atoms with Gasteiger partial charge in [0.2, 0.25) is 0 Å². The van der Waals surface area contributed by atoms with Crippen molar-refractivity contribution in [3.63, 3.8) is 0 Å². The van der Waals surface area contributed by atoms with Crippen LogP contribution in [0.5, 0.6) is 5.75 Å². The highest BCUT2D eigenvalue weighted by Gasteiger charge is 2.07. The van der Waals surface area contributed by atoms with Crippen molar-refractivity contribution in [3.8, 4) is 5.75 Å². The number of phenolic OH excluding ortho intramolecular Hbond substituents is 1. The average molecular weight is 356 g/mol. The van der Waals surface area contributed by atoms with Gasteiger partial charge in [-0.2, -0.15) is 0 Å². The van der Waals surface area contributed by atoms with Gasteiger partial charge in [0.25, 0.3) is 0 Å². The van der Waals surface area contributed by atoms with Crippen LogP contribution >= 0.6 is 15.9 Å². The number of para-hydroxylation sites is 1. The van der Waals surface area contributed by atoms with Crippen molar-refractivity contribution in [1.29, 1.82) is 0 Å². The Labute approximate surface area is 126 Å². The molecular weight excluding hydrogens is 342 g/mol. The molecule has 0 heterocycles. The van der Waals surface area contributed by atoms with E-state index in [2.05, 4.69) is 21.2 Å². The van der Waals surface area contributed by atoms with Gasteiger partial charge >= 0.3 is 0 Å². The molecule has 4 nitrogen and oxygen atoms in total. The van der Waals surface area contributed by atoms with E-state index in [1.165, 1.54) is 6.26 Å². The van der Waals surface area contributed by atoms with E-state index in [-0.39, 0.29) is 10.6 Å². The summed E-state index contributed by atoms with van der Waals surface area (Å²) < 4.78 is 23.3. The molecule has 0 spiro atoms. The van der Waals surface area contributed by atoms with Crippen molar-refractivity contribution in [2.45, 2.75) is 11.4 Å². The number of rotatable bonds is 4. The van der Waals surface area contributed by atoms with E-state index in [4.69, 9.17) is 0 Å². The highest BCUT2D eigenvalue weighted by molar-refractivity contribution is 9.10. The smallest absolute Gasteiger partial charge is 0.175 e. The minimum Gasteiger partial charge on any atom is -0.506 e. The van der Waals surface area contributed by atoms with Crippen LogP contribution in [0.3, 0.4) is 0 Å². The summed E-state index contributed by atoms with van der Waals surface area (Å²) in [5, 5.41) is 13.0. The lowest BCUT2D eigenvalue weighted by molar-refractivity contribution is 0.465. The van der Waals surface area contributed by atoms with Gasteiger partial charge in [-0.1, -0.05) is 12.1 Å². The molecule has 0 fully saturated rings. The van der Waals surface area contributed by atoms with Crippen LogP contribution in [0.4, 0.5) is 5.69 Å². The highest BCUT2D eigenvalue weighted by atomic mass is 79.9. The van der Waals surface area contributed by atoms with Crippen LogP contribution in [-0.2, 0) is 16.4 Å². The molecule has 2 N–H and O–H groups in total. The number of aromatic hydroxyl groups is 1. The van der Waals surface area contributed by atoms with Gasteiger partial charge in [0.15, 0.2) is 9.84 Å². The van der Waals surface area contributed by atoms with Gasteiger partial charge in [0, 0.05) is 24.1 Å². The second-order valence-corrected chi connectivity index (χ2v) is 7.27. The third-order valence-corrected chi connectivity index (χ3v) is 4.60. The van der Waals surface area contributed by atoms with Crippen LogP contribution in [0.25, 0.3) is 0 Å². The molecule has 0 saturated carbocycles. The van der Waals surface area contributed by atoms with E-state index in [1.807, 2.05) is 12.1 Å². The van der Waals surface area contributed by atoms with Gasteiger partial charge in [0.05, 0.1) is 9.37 Å². The Hall–Kier alpha value is -1.53. The fraction of sp³-hybridized carbons (Fsp3) is 0.143. The summed E-state index contributed by atoms with van der Waals surface area (Å²) in [6.07, 6.45) is 1.18. The fourth-order valence-electron chi connectivity index (χ4n) is 1.72. The summed E-state index contributed by atoms with van der Waals surface area (Å²) in [5.74, 6) is 0.202. The lowest BCUT2D eigenvalue weighted by atomic mass is 10.2. The number of hydrogen-bond donors (Lipinski definition) is 2. The summed E-state index contributed by atoms with van der Waals surface area (Å²) in [7, 11) is -3.17. The van der Waals surface area contributed by atoms with Crippen LogP contribution < -0.4 is 5.32 Å². The molecule has 6 heteroatoms. The van der Waals surface area contributed by atoms with Crippen LogP contribution in [0, 0.1) is 0 Å². The first-order valence-electron chi connectivity index (χ1n) is 5.88. The Morgan fingerprint density at radius 2 is 1.80 bits per heavy atom. The molecule has 106 valence electrons. The minimum atomic E-state index is -3.17. The second-order valence-electron chi connectivity index (χ2n) is 4.40. The monoisotopic (exact) mass is 355 g/mol. The minimum absolute atomic E-state index is 0.202. The Balaban J connectivity index is 2.10. The van der Waals surface area contributed by atoms with Gasteiger partial charge in [-0.05, 0) is 46.3 Å². The summed E-state index contributed by atoms with van der Waals surface area (Å²) in [5.41, 5.74) is 1.54. The van der Waals surface area contributed by atoms with Crippen LogP contribution in [0.15, 0.2) is 51.8 Å². The van der Waals surface area contributed by atoms with Crippen molar-refractivity contribution in [3.05, 3.63) is 52.5 Å². The number of anilines is 1. The Kier molecular flexibility index (Phi) is 4.35. The number of sulfone groups is 1. The van der Waals surface area contributed by atoms with E-state index in [0.717, 1.165) is 11.3 Å². The molecule has 0 unspecified atom stereocenters. The van der Waals surface area contributed by atoms with Crippen molar-refractivity contribution >= 4 is 31.5 Å². The maximum Gasteiger partial charge on any atom is 0.175 e. The molecule has 0 aliphatic carbocycles. The Morgan fingerprint density at radius 1 is 1.15 bits per heavy atom. The largest absolute Gasteiger partial charge is 0.506 e. The number of phenols is 1. The van der Waals surface area contributed by atoms with Gasteiger partial charge in [-0.15, -0.1) is 0 Å². The van der Waals surface area contributed by atoms with Crippen molar-refractivity contribution in [1.82, 2.24) is 0 Å². The SMILES string of the molecule is CS(=O)(=O)c1ccc(NCc2cccc(Br)c2O)cc1. The van der Waals surface area contributed by atoms with E-state index in [0.29, 0.717) is 11.0 Å². The lowest BCUT2D eigenvalue weighted by Gasteiger charge is -2.09. The zero-order valence-electron chi connectivity index (χ0n) is 10.8. The molecule has 0 atom stereocenters. The lowest BCUT2D eigenvalue weighted by Crippen LogP contribution is -2.01. The molecule has 2 aromatic rings. The molecule has 0 bridgehead atoms. The first-order chi connectivity index (χ1) is 9.38. The third-order valence-electron chi connectivity index (χ3n) is 2.84. The summed E-state index contributed by atoms with van der Waals surface area (Å²) >= 11 is 3.26. The second kappa shape index (κ2) is 5.85. The summed E-state index contributed by atoms with van der Waals surface area (Å²) in [4.78, 5) is 0.286. The van der Waals surface area contributed by atoms with E-state index < -0.39 is 9.84 Å². The summed E-state index contributed by atoms with van der Waals surface area (Å²) in [6.45, 7) is 0.448. The van der Waals surface area contributed by atoms with E-state index in [9.17, 15) is 13.5 Å².